The Hall–Kier alpha value is -1.97. The molecule has 0 saturated heterocycles. The van der Waals surface area contributed by atoms with E-state index in [1.165, 1.54) is 21.7 Å². The Morgan fingerprint density at radius 2 is 1.59 bits per heavy atom. The molecule has 0 amide bonds. The van der Waals surface area contributed by atoms with Gasteiger partial charge in [-0.15, -0.1) is 11.3 Å². The molecule has 2 nitrogen and oxygen atoms in total. The first-order valence-corrected chi connectivity index (χ1v) is 8.34. The van der Waals surface area contributed by atoms with Gasteiger partial charge in [0.25, 0.3) is 0 Å². The van der Waals surface area contributed by atoms with Crippen molar-refractivity contribution in [3.8, 4) is 22.4 Å². The quantitative estimate of drug-likeness (QED) is 0.594. The third kappa shape index (κ3) is 3.62. The summed E-state index contributed by atoms with van der Waals surface area (Å²) in [5.74, 6) is 0. The van der Waals surface area contributed by atoms with Crippen molar-refractivity contribution in [3.05, 3.63) is 65.0 Å². The van der Waals surface area contributed by atoms with Gasteiger partial charge in [-0.2, -0.15) is 0 Å². The zero-order valence-corrected chi connectivity index (χ0v) is 13.5. The van der Waals surface area contributed by atoms with E-state index < -0.39 is 0 Å². The first-order chi connectivity index (χ1) is 10.9. The zero-order valence-electron chi connectivity index (χ0n) is 12.7. The summed E-state index contributed by atoms with van der Waals surface area (Å²) in [7, 11) is 1.74. The van der Waals surface area contributed by atoms with E-state index >= 15 is 0 Å². The summed E-state index contributed by atoms with van der Waals surface area (Å²) < 4.78 is 5.09. The standard InChI is InChI=1S/C19H19NOS/c1-21-13-5-8-19-20-18(14-22-19)17-11-9-16(10-12-17)15-6-3-2-4-7-15/h2-4,6-7,9-12,14H,5,8,13H2,1H3. The second kappa shape index (κ2) is 7.34. The first-order valence-electron chi connectivity index (χ1n) is 7.46. The molecule has 0 bridgehead atoms. The lowest BCUT2D eigenvalue weighted by Crippen LogP contribution is -1.92. The molecular formula is C19H19NOS. The van der Waals surface area contributed by atoms with Gasteiger partial charge >= 0.3 is 0 Å². The highest BCUT2D eigenvalue weighted by Crippen LogP contribution is 2.26. The second-order valence-electron chi connectivity index (χ2n) is 5.17. The Morgan fingerprint density at radius 1 is 0.909 bits per heavy atom. The van der Waals surface area contributed by atoms with Crippen LogP contribution in [0.15, 0.2) is 60.0 Å². The van der Waals surface area contributed by atoms with E-state index in [1.54, 1.807) is 18.4 Å². The molecule has 3 heteroatoms. The van der Waals surface area contributed by atoms with Crippen LogP contribution in [-0.2, 0) is 11.2 Å². The fourth-order valence-corrected chi connectivity index (χ4v) is 3.24. The van der Waals surface area contributed by atoms with Crippen LogP contribution in [0.25, 0.3) is 22.4 Å². The van der Waals surface area contributed by atoms with E-state index in [1.807, 2.05) is 6.07 Å². The summed E-state index contributed by atoms with van der Waals surface area (Å²) in [5.41, 5.74) is 4.72. The Morgan fingerprint density at radius 3 is 2.32 bits per heavy atom. The molecule has 0 aliphatic heterocycles. The van der Waals surface area contributed by atoms with Crippen LogP contribution in [0.1, 0.15) is 11.4 Å². The van der Waals surface area contributed by atoms with Gasteiger partial charge in [0.1, 0.15) is 0 Å². The number of benzene rings is 2. The number of aryl methyl sites for hydroxylation is 1. The summed E-state index contributed by atoms with van der Waals surface area (Å²) in [5, 5.41) is 3.32. The number of ether oxygens (including phenoxy) is 1. The molecule has 0 aliphatic carbocycles. The summed E-state index contributed by atoms with van der Waals surface area (Å²) in [6, 6.07) is 19.1. The van der Waals surface area contributed by atoms with Crippen LogP contribution >= 0.6 is 11.3 Å². The van der Waals surface area contributed by atoms with Crippen molar-refractivity contribution in [3.63, 3.8) is 0 Å². The van der Waals surface area contributed by atoms with Crippen LogP contribution in [0.2, 0.25) is 0 Å². The lowest BCUT2D eigenvalue weighted by molar-refractivity contribution is 0.195. The molecule has 0 unspecified atom stereocenters. The van der Waals surface area contributed by atoms with Crippen molar-refractivity contribution < 1.29 is 4.74 Å². The molecule has 0 N–H and O–H groups in total. The SMILES string of the molecule is COCCCc1nc(-c2ccc(-c3ccccc3)cc2)cs1. The second-order valence-corrected chi connectivity index (χ2v) is 6.11. The van der Waals surface area contributed by atoms with Gasteiger partial charge in [-0.05, 0) is 17.5 Å². The molecule has 0 atom stereocenters. The number of aromatic nitrogens is 1. The van der Waals surface area contributed by atoms with Crippen molar-refractivity contribution in [2.45, 2.75) is 12.8 Å². The summed E-state index contributed by atoms with van der Waals surface area (Å²) in [6.07, 6.45) is 2.01. The maximum atomic E-state index is 5.09. The minimum absolute atomic E-state index is 0.792. The van der Waals surface area contributed by atoms with Crippen LogP contribution < -0.4 is 0 Å². The average Bonchev–Trinajstić information content (AvgIpc) is 3.05. The minimum Gasteiger partial charge on any atom is -0.385 e. The van der Waals surface area contributed by atoms with Gasteiger partial charge < -0.3 is 4.74 Å². The van der Waals surface area contributed by atoms with E-state index in [2.05, 4.69) is 53.9 Å². The molecule has 1 aromatic heterocycles. The van der Waals surface area contributed by atoms with Crippen molar-refractivity contribution in [1.82, 2.24) is 4.98 Å². The molecule has 112 valence electrons. The first kappa shape index (κ1) is 14.9. The molecule has 0 aliphatic rings. The normalized spacial score (nSPS) is 10.8. The van der Waals surface area contributed by atoms with E-state index in [-0.39, 0.29) is 0 Å². The average molecular weight is 309 g/mol. The highest BCUT2D eigenvalue weighted by atomic mass is 32.1. The molecule has 2 aromatic carbocycles. The number of nitrogens with zero attached hydrogens (tertiary/aromatic N) is 1. The van der Waals surface area contributed by atoms with Crippen LogP contribution in [0.4, 0.5) is 0 Å². The maximum absolute atomic E-state index is 5.09. The molecule has 22 heavy (non-hydrogen) atoms. The largest absolute Gasteiger partial charge is 0.385 e. The highest BCUT2D eigenvalue weighted by molar-refractivity contribution is 7.09. The molecule has 1 heterocycles. The lowest BCUT2D eigenvalue weighted by Gasteiger charge is -2.02. The van der Waals surface area contributed by atoms with Crippen LogP contribution in [0.3, 0.4) is 0 Å². The Bertz CT molecular complexity index is 704. The number of methoxy groups -OCH3 is 1. The van der Waals surface area contributed by atoms with E-state index in [9.17, 15) is 0 Å². The molecule has 0 radical (unpaired) electrons. The van der Waals surface area contributed by atoms with Crippen LogP contribution in [0.5, 0.6) is 0 Å². The van der Waals surface area contributed by atoms with Crippen LogP contribution in [-0.4, -0.2) is 18.7 Å². The number of hydrogen-bond donors (Lipinski definition) is 0. The number of rotatable bonds is 6. The third-order valence-corrected chi connectivity index (χ3v) is 4.49. The summed E-state index contributed by atoms with van der Waals surface area (Å²) in [4.78, 5) is 4.72. The topological polar surface area (TPSA) is 22.1 Å². The monoisotopic (exact) mass is 309 g/mol. The van der Waals surface area contributed by atoms with Gasteiger partial charge in [0.2, 0.25) is 0 Å². The highest BCUT2D eigenvalue weighted by Gasteiger charge is 2.05. The van der Waals surface area contributed by atoms with Crippen molar-refractivity contribution >= 4 is 11.3 Å². The summed E-state index contributed by atoms with van der Waals surface area (Å²) >= 11 is 1.73. The number of hydrogen-bond acceptors (Lipinski definition) is 3. The van der Waals surface area contributed by atoms with Gasteiger partial charge in [0.15, 0.2) is 0 Å². The van der Waals surface area contributed by atoms with Gasteiger partial charge in [-0.3, -0.25) is 0 Å². The van der Waals surface area contributed by atoms with Crippen molar-refractivity contribution in [2.75, 3.05) is 13.7 Å². The Kier molecular flexibility index (Phi) is 4.99. The maximum Gasteiger partial charge on any atom is 0.0933 e. The third-order valence-electron chi connectivity index (χ3n) is 3.58. The fourth-order valence-electron chi connectivity index (χ4n) is 2.39. The van der Waals surface area contributed by atoms with Gasteiger partial charge in [-0.25, -0.2) is 4.98 Å². The molecule has 0 spiro atoms. The van der Waals surface area contributed by atoms with Gasteiger partial charge in [-0.1, -0.05) is 54.6 Å². The van der Waals surface area contributed by atoms with E-state index in [0.29, 0.717) is 0 Å². The minimum atomic E-state index is 0.792. The number of thiazole rings is 1. The predicted octanol–water partition coefficient (Wildman–Crippen LogP) is 5.06. The lowest BCUT2D eigenvalue weighted by atomic mass is 10.0. The van der Waals surface area contributed by atoms with Gasteiger partial charge in [0, 0.05) is 31.1 Å². The predicted molar refractivity (Wildman–Crippen MR) is 93.2 cm³/mol. The molecular weight excluding hydrogens is 290 g/mol. The van der Waals surface area contributed by atoms with Crippen molar-refractivity contribution in [2.24, 2.45) is 0 Å². The summed E-state index contributed by atoms with van der Waals surface area (Å²) in [6.45, 7) is 0.792. The molecule has 0 fully saturated rings. The molecule has 0 saturated carbocycles. The Balaban J connectivity index is 1.73. The fraction of sp³-hybridized carbons (Fsp3) is 0.211. The van der Waals surface area contributed by atoms with E-state index in [4.69, 9.17) is 9.72 Å². The van der Waals surface area contributed by atoms with Gasteiger partial charge in [0.05, 0.1) is 10.7 Å². The van der Waals surface area contributed by atoms with E-state index in [0.717, 1.165) is 25.1 Å². The van der Waals surface area contributed by atoms with Crippen LogP contribution in [0, 0.1) is 0 Å². The zero-order chi connectivity index (χ0) is 15.2. The Labute approximate surface area is 135 Å². The molecule has 3 aromatic rings. The smallest absolute Gasteiger partial charge is 0.0933 e. The van der Waals surface area contributed by atoms with Crippen molar-refractivity contribution in [1.29, 1.82) is 0 Å². The molecule has 3 rings (SSSR count).